The molecule has 192 valence electrons. The van der Waals surface area contributed by atoms with Crippen LogP contribution in [0.2, 0.25) is 0 Å². The van der Waals surface area contributed by atoms with Crippen molar-refractivity contribution in [2.24, 2.45) is 16.5 Å². The van der Waals surface area contributed by atoms with Gasteiger partial charge in [0.2, 0.25) is 17.6 Å². The largest absolute Gasteiger partial charge is 1.00 e. The molecule has 2 atom stereocenters. The number of piperazine rings is 1. The van der Waals surface area contributed by atoms with Crippen LogP contribution in [0, 0.1) is 6.92 Å². The third-order valence-corrected chi connectivity index (χ3v) is 6.54. The van der Waals surface area contributed by atoms with Gasteiger partial charge in [0, 0.05) is 37.6 Å². The molecule has 2 heterocycles. The van der Waals surface area contributed by atoms with Gasteiger partial charge in [-0.25, -0.2) is 4.98 Å². The Kier molecular flexibility index (Phi) is 12.7. The number of nitrogens with two attached hydrogens (primary N) is 2. The van der Waals surface area contributed by atoms with Gasteiger partial charge in [-0.05, 0) is 18.4 Å². The van der Waals surface area contributed by atoms with Crippen LogP contribution < -0.4 is 68.2 Å². The van der Waals surface area contributed by atoms with E-state index in [1.54, 1.807) is 5.38 Å². The van der Waals surface area contributed by atoms with Gasteiger partial charge in [-0.2, -0.15) is 0 Å². The first-order valence-corrected chi connectivity index (χ1v) is 12.4. The van der Waals surface area contributed by atoms with Crippen LogP contribution in [-0.4, -0.2) is 82.5 Å². The minimum atomic E-state index is -0.837. The second kappa shape index (κ2) is 15.2. The molecule has 1 aliphatic heterocycles. The Balaban J connectivity index is 0.00000481. The number of amides is 3. The van der Waals surface area contributed by atoms with Crippen LogP contribution in [0.4, 0.5) is 0 Å². The van der Waals surface area contributed by atoms with Crippen molar-refractivity contribution in [1.29, 1.82) is 0 Å². The molecule has 37 heavy (non-hydrogen) atoms. The fourth-order valence-corrected chi connectivity index (χ4v) is 4.64. The van der Waals surface area contributed by atoms with Crippen molar-refractivity contribution in [3.8, 4) is 0 Å². The number of nitrogens with one attached hydrogen (secondary N) is 1. The number of Topliss-reactive ketones (excluding diaryl/α,β-unsaturated/α-hetero) is 1. The Hall–Kier alpha value is -2.29. The Bertz CT molecular complexity index is 1090. The SMILES string of the molecule is [CH2-]C(=O)N1CCN(CC(=O)NC(CCCN=C(N)N)C(=O)c2nccs2)C(=O)C1Cc1ccccc1.[K+]. The van der Waals surface area contributed by atoms with E-state index in [1.807, 2.05) is 30.3 Å². The summed E-state index contributed by atoms with van der Waals surface area (Å²) in [6.07, 6.45) is 2.59. The van der Waals surface area contributed by atoms with E-state index >= 15 is 0 Å². The molecule has 1 aliphatic rings. The number of benzene rings is 1. The second-order valence-corrected chi connectivity index (χ2v) is 9.22. The van der Waals surface area contributed by atoms with Gasteiger partial charge in [-0.1, -0.05) is 30.3 Å². The van der Waals surface area contributed by atoms with Gasteiger partial charge in [0.1, 0.15) is 6.04 Å². The van der Waals surface area contributed by atoms with Crippen molar-refractivity contribution in [2.75, 3.05) is 26.2 Å². The number of thiazole rings is 1. The summed E-state index contributed by atoms with van der Waals surface area (Å²) >= 11 is 1.18. The summed E-state index contributed by atoms with van der Waals surface area (Å²) in [7, 11) is 0. The summed E-state index contributed by atoms with van der Waals surface area (Å²) in [6, 6.07) is 7.74. The van der Waals surface area contributed by atoms with Crippen molar-refractivity contribution in [3.63, 3.8) is 0 Å². The zero-order valence-corrected chi connectivity index (χ0v) is 24.8. The molecule has 5 N–H and O–H groups in total. The third kappa shape index (κ3) is 9.19. The molecule has 13 heteroatoms. The average Bonchev–Trinajstić information content (AvgIpc) is 3.38. The van der Waals surface area contributed by atoms with Crippen molar-refractivity contribution < 1.29 is 70.6 Å². The van der Waals surface area contributed by atoms with Crippen LogP contribution in [-0.2, 0) is 20.8 Å². The van der Waals surface area contributed by atoms with Gasteiger partial charge in [0.15, 0.2) is 11.0 Å². The predicted octanol–water partition coefficient (Wildman–Crippen LogP) is -3.02. The molecular weight excluding hydrogens is 521 g/mol. The number of carbonyl (C=O) groups excluding carboxylic acids is 4. The van der Waals surface area contributed by atoms with Crippen LogP contribution >= 0.6 is 11.3 Å². The first-order chi connectivity index (χ1) is 17.3. The maximum atomic E-state index is 13.3. The molecule has 0 spiro atoms. The van der Waals surface area contributed by atoms with Crippen LogP contribution in [0.25, 0.3) is 0 Å². The maximum Gasteiger partial charge on any atom is 1.00 e. The van der Waals surface area contributed by atoms with Gasteiger partial charge in [0.05, 0.1) is 18.5 Å². The number of ketones is 1. The summed E-state index contributed by atoms with van der Waals surface area (Å²) in [4.78, 5) is 62.0. The number of rotatable bonds is 11. The maximum absolute atomic E-state index is 13.3. The second-order valence-electron chi connectivity index (χ2n) is 8.32. The molecule has 2 aromatic rings. The van der Waals surface area contributed by atoms with E-state index in [4.69, 9.17) is 11.5 Å². The Morgan fingerprint density at radius 3 is 2.57 bits per heavy atom. The van der Waals surface area contributed by atoms with E-state index in [0.717, 1.165) is 5.56 Å². The van der Waals surface area contributed by atoms with E-state index < -0.39 is 23.9 Å². The van der Waals surface area contributed by atoms with Gasteiger partial charge in [-0.15, -0.1) is 11.3 Å². The van der Waals surface area contributed by atoms with Gasteiger partial charge in [-0.3, -0.25) is 19.4 Å². The zero-order valence-electron chi connectivity index (χ0n) is 20.8. The summed E-state index contributed by atoms with van der Waals surface area (Å²) in [5, 5.41) is 4.70. The predicted molar refractivity (Wildman–Crippen MR) is 136 cm³/mol. The topological polar surface area (TPSA) is 164 Å². The molecule has 3 rings (SSSR count). The van der Waals surface area contributed by atoms with E-state index in [0.29, 0.717) is 25.8 Å². The molecule has 1 fully saturated rings. The molecule has 3 amide bonds. The summed E-state index contributed by atoms with van der Waals surface area (Å²) < 4.78 is 0. The minimum Gasteiger partial charge on any atom is -0.370 e. The van der Waals surface area contributed by atoms with Gasteiger partial charge in [0.25, 0.3) is 0 Å². The number of aromatic nitrogens is 1. The summed E-state index contributed by atoms with van der Waals surface area (Å²) in [6.45, 7) is 3.99. The third-order valence-electron chi connectivity index (χ3n) is 5.75. The Labute approximate surface area is 262 Å². The van der Waals surface area contributed by atoms with E-state index in [1.165, 1.54) is 27.3 Å². The fourth-order valence-electron chi connectivity index (χ4n) is 4.01. The molecular formula is C24H30KN7O4S. The number of carbonyl (C=O) groups is 4. The standard InChI is InChI=1S/C24H30N7O4S.K/c1-16(32)31-12-11-30(23(35)19(31)14-17-6-3-2-4-7-17)15-20(33)29-18(8-5-9-28-24(25)26)21(34)22-27-10-13-36-22;/h2-4,6-7,10,13,18-19H,1,5,8-9,11-12,14-15H2,(H,29,33)(H4,25,26,28);/q-1;+1. The fraction of sp³-hybridized carbons (Fsp3) is 0.375. The van der Waals surface area contributed by atoms with Crippen molar-refractivity contribution in [2.45, 2.75) is 31.3 Å². The molecule has 0 saturated carbocycles. The monoisotopic (exact) mass is 551 g/mol. The Morgan fingerprint density at radius 2 is 1.95 bits per heavy atom. The smallest absolute Gasteiger partial charge is 0.370 e. The number of hydrogen-bond acceptors (Lipinski definition) is 7. The number of guanidine groups is 1. The average molecular weight is 552 g/mol. The van der Waals surface area contributed by atoms with E-state index in [-0.39, 0.29) is 93.7 Å². The molecule has 0 bridgehead atoms. The van der Waals surface area contributed by atoms with Crippen molar-refractivity contribution >= 4 is 40.8 Å². The first kappa shape index (κ1) is 30.9. The van der Waals surface area contributed by atoms with E-state index in [9.17, 15) is 19.2 Å². The number of hydrogen-bond donors (Lipinski definition) is 3. The van der Waals surface area contributed by atoms with Crippen LogP contribution in [0.3, 0.4) is 0 Å². The van der Waals surface area contributed by atoms with Crippen LogP contribution in [0.15, 0.2) is 46.9 Å². The van der Waals surface area contributed by atoms with E-state index in [2.05, 4.69) is 22.2 Å². The molecule has 1 saturated heterocycles. The molecule has 0 aliphatic carbocycles. The first-order valence-electron chi connectivity index (χ1n) is 11.5. The molecule has 2 unspecified atom stereocenters. The van der Waals surface area contributed by atoms with Crippen LogP contribution in [0.5, 0.6) is 0 Å². The van der Waals surface area contributed by atoms with Gasteiger partial charge >= 0.3 is 51.4 Å². The molecule has 1 aromatic carbocycles. The zero-order chi connectivity index (χ0) is 26.1. The number of aliphatic imine (C=N–C) groups is 1. The van der Waals surface area contributed by atoms with Gasteiger partial charge < -0.3 is 38.3 Å². The van der Waals surface area contributed by atoms with Crippen molar-refractivity contribution in [3.05, 3.63) is 59.4 Å². The minimum absolute atomic E-state index is 0. The van der Waals surface area contributed by atoms with Crippen LogP contribution in [0.1, 0.15) is 28.2 Å². The molecule has 0 radical (unpaired) electrons. The van der Waals surface area contributed by atoms with Crippen molar-refractivity contribution in [1.82, 2.24) is 20.1 Å². The summed E-state index contributed by atoms with van der Waals surface area (Å²) in [5.41, 5.74) is 11.6. The summed E-state index contributed by atoms with van der Waals surface area (Å²) in [5.74, 6) is -1.63. The molecule has 11 nitrogen and oxygen atoms in total. The normalized spacial score (nSPS) is 15.9. The molecule has 1 aromatic heterocycles. The Morgan fingerprint density at radius 1 is 1.22 bits per heavy atom. The number of nitrogens with zero attached hydrogens (tertiary/aromatic N) is 4. The quantitative estimate of drug-likeness (QED) is 0.0668.